The summed E-state index contributed by atoms with van der Waals surface area (Å²) in [6, 6.07) is 9.57. The van der Waals surface area contributed by atoms with E-state index in [-0.39, 0.29) is 5.56 Å². The Kier molecular flexibility index (Phi) is 9.64. The van der Waals surface area contributed by atoms with Crippen LogP contribution >= 0.6 is 11.6 Å². The van der Waals surface area contributed by atoms with Crippen molar-refractivity contribution in [3.8, 4) is 0 Å². The van der Waals surface area contributed by atoms with Crippen LogP contribution in [-0.2, 0) is 0 Å². The van der Waals surface area contributed by atoms with Crippen LogP contribution in [0.3, 0.4) is 0 Å². The summed E-state index contributed by atoms with van der Waals surface area (Å²) in [5.74, 6) is 0.998. The lowest BCUT2D eigenvalue weighted by molar-refractivity contribution is 0.280. The summed E-state index contributed by atoms with van der Waals surface area (Å²) in [6.07, 6.45) is 15.1. The fourth-order valence-electron chi connectivity index (χ4n) is 5.65. The van der Waals surface area contributed by atoms with E-state index in [0.29, 0.717) is 5.92 Å². The second-order valence-electron chi connectivity index (χ2n) is 9.60. The number of benzene rings is 1. The third-order valence-corrected chi connectivity index (χ3v) is 11.4. The van der Waals surface area contributed by atoms with Gasteiger partial charge in [-0.15, -0.1) is 6.58 Å². The quantitative estimate of drug-likeness (QED) is 0.200. The van der Waals surface area contributed by atoms with E-state index in [2.05, 4.69) is 12.7 Å². The summed E-state index contributed by atoms with van der Waals surface area (Å²) < 4.78 is 27.8. The van der Waals surface area contributed by atoms with Gasteiger partial charge in [-0.3, -0.25) is 0 Å². The maximum Gasteiger partial charge on any atom is 0.144 e. The minimum atomic E-state index is -0.710. The van der Waals surface area contributed by atoms with E-state index < -0.39 is 20.4 Å². The molecule has 0 bridgehead atoms. The summed E-state index contributed by atoms with van der Waals surface area (Å²) in [5.41, 5.74) is 1.76. The maximum absolute atomic E-state index is 14.2. The molecule has 1 aromatic carbocycles. The molecule has 1 saturated heterocycles. The molecule has 0 atom stereocenters. The molecule has 1 heterocycles. The van der Waals surface area contributed by atoms with Crippen LogP contribution in [0.25, 0.3) is 5.83 Å². The fraction of sp³-hybridized carbons (Fsp3) is 0.615. The zero-order chi connectivity index (χ0) is 21.3. The van der Waals surface area contributed by atoms with E-state index in [9.17, 15) is 8.78 Å². The third kappa shape index (κ3) is 6.78. The fourth-order valence-corrected chi connectivity index (χ4v) is 9.34. The first-order valence-corrected chi connectivity index (χ1v) is 14.9. The Labute approximate surface area is 188 Å². The Morgan fingerprint density at radius 2 is 1.73 bits per heavy atom. The third-order valence-electron chi connectivity index (χ3n) is 7.63. The van der Waals surface area contributed by atoms with E-state index >= 15 is 0 Å². The summed E-state index contributed by atoms with van der Waals surface area (Å²) >= 11 is 5.38. The molecule has 0 spiro atoms. The monoisotopic (exact) mass is 450 g/mol. The summed E-state index contributed by atoms with van der Waals surface area (Å²) in [7, 11) is -0.428. The van der Waals surface area contributed by atoms with E-state index in [0.717, 1.165) is 35.8 Å². The van der Waals surface area contributed by atoms with Gasteiger partial charge < -0.3 is 0 Å². The SMILES string of the molecule is C=CCCC[Si@H]1CC[C@H](CC[C@H]2CC[C@H](c3ccc(C(F)=CCl)c(F)c3)CC2)CC1. The second-order valence-corrected chi connectivity index (χ2v) is 13.3. The van der Waals surface area contributed by atoms with Gasteiger partial charge in [0.15, 0.2) is 0 Å². The van der Waals surface area contributed by atoms with E-state index in [1.807, 2.05) is 6.07 Å². The van der Waals surface area contributed by atoms with Crippen LogP contribution in [0.15, 0.2) is 36.4 Å². The van der Waals surface area contributed by atoms with Crippen molar-refractivity contribution in [1.29, 1.82) is 0 Å². The Morgan fingerprint density at radius 1 is 1.07 bits per heavy atom. The molecule has 2 aliphatic rings. The molecule has 4 heteroatoms. The van der Waals surface area contributed by atoms with E-state index in [1.165, 1.54) is 69.5 Å². The molecule has 0 nitrogen and oxygen atoms in total. The molecular formula is C26H37ClF2Si. The van der Waals surface area contributed by atoms with Crippen molar-refractivity contribution in [2.24, 2.45) is 11.8 Å². The molecule has 1 aliphatic carbocycles. The zero-order valence-electron chi connectivity index (χ0n) is 18.2. The molecule has 0 aromatic heterocycles. The Balaban J connectivity index is 1.37. The summed E-state index contributed by atoms with van der Waals surface area (Å²) in [4.78, 5) is 0. The molecule has 30 heavy (non-hydrogen) atoms. The minimum Gasteiger partial charge on any atom is -0.206 e. The number of hydrogen-bond acceptors (Lipinski definition) is 0. The van der Waals surface area contributed by atoms with Crippen molar-refractivity contribution in [2.45, 2.75) is 88.3 Å². The van der Waals surface area contributed by atoms with Gasteiger partial charge in [-0.05, 0) is 67.6 Å². The van der Waals surface area contributed by atoms with Gasteiger partial charge in [0.25, 0.3) is 0 Å². The highest BCUT2D eigenvalue weighted by molar-refractivity contribution is 6.58. The molecule has 0 radical (unpaired) electrons. The van der Waals surface area contributed by atoms with Crippen LogP contribution in [0.5, 0.6) is 0 Å². The highest BCUT2D eigenvalue weighted by atomic mass is 35.5. The topological polar surface area (TPSA) is 0 Å². The van der Waals surface area contributed by atoms with Gasteiger partial charge in [0.1, 0.15) is 11.6 Å². The predicted molar refractivity (Wildman–Crippen MR) is 129 cm³/mol. The number of halogens is 3. The average molecular weight is 451 g/mol. The van der Waals surface area contributed by atoms with E-state index in [4.69, 9.17) is 11.6 Å². The maximum atomic E-state index is 14.2. The molecule has 2 fully saturated rings. The molecule has 1 saturated carbocycles. The molecule has 3 rings (SSSR count). The van der Waals surface area contributed by atoms with Gasteiger partial charge in [0.2, 0.25) is 0 Å². The standard InChI is InChI=1S/C26H37ClF2Si/c1-2-3-4-15-30-16-13-21(14-17-30)6-5-20-7-9-22(10-8-20)23-11-12-24(25(28)18-23)26(29)19-27/h2,11-12,18-22,30H,1,3-10,13-17H2/t20-,21-,22-,30-. The predicted octanol–water partition coefficient (Wildman–Crippen LogP) is 8.99. The lowest BCUT2D eigenvalue weighted by Gasteiger charge is -2.32. The first-order chi connectivity index (χ1) is 14.6. The first-order valence-electron chi connectivity index (χ1n) is 12.0. The smallest absolute Gasteiger partial charge is 0.144 e. The number of hydrogen-bond donors (Lipinski definition) is 0. The molecule has 0 unspecified atom stereocenters. The molecule has 0 N–H and O–H groups in total. The average Bonchev–Trinajstić information content (AvgIpc) is 2.78. The summed E-state index contributed by atoms with van der Waals surface area (Å²) in [6.45, 7) is 3.84. The number of allylic oxidation sites excluding steroid dienone is 1. The normalized spacial score (nSPS) is 27.8. The number of rotatable bonds is 9. The first kappa shape index (κ1) is 23.7. The van der Waals surface area contributed by atoms with Crippen LogP contribution in [0.2, 0.25) is 18.1 Å². The molecular weight excluding hydrogens is 414 g/mol. The second kappa shape index (κ2) is 12.2. The Hall–Kier alpha value is -0.933. The lowest BCUT2D eigenvalue weighted by Crippen LogP contribution is -2.22. The molecule has 166 valence electrons. The Bertz CT molecular complexity index is 701. The van der Waals surface area contributed by atoms with Crippen molar-refractivity contribution < 1.29 is 8.78 Å². The van der Waals surface area contributed by atoms with Crippen LogP contribution < -0.4 is 0 Å². The van der Waals surface area contributed by atoms with Gasteiger partial charge in [-0.2, -0.15) is 0 Å². The van der Waals surface area contributed by atoms with Crippen molar-refractivity contribution in [3.63, 3.8) is 0 Å². The van der Waals surface area contributed by atoms with Crippen molar-refractivity contribution in [1.82, 2.24) is 0 Å². The van der Waals surface area contributed by atoms with Crippen LogP contribution in [0.1, 0.15) is 81.3 Å². The highest BCUT2D eigenvalue weighted by Gasteiger charge is 2.26. The minimum absolute atomic E-state index is 0.0408. The molecule has 1 aromatic rings. The van der Waals surface area contributed by atoms with Gasteiger partial charge in [-0.1, -0.05) is 74.0 Å². The van der Waals surface area contributed by atoms with Gasteiger partial charge in [0, 0.05) is 19.9 Å². The lowest BCUT2D eigenvalue weighted by atomic mass is 9.76. The van der Waals surface area contributed by atoms with Gasteiger partial charge in [0.05, 0.1) is 0 Å². The molecule has 1 aliphatic heterocycles. The highest BCUT2D eigenvalue weighted by Crippen LogP contribution is 2.40. The summed E-state index contributed by atoms with van der Waals surface area (Å²) in [5, 5.41) is 0. The Morgan fingerprint density at radius 3 is 2.33 bits per heavy atom. The van der Waals surface area contributed by atoms with Gasteiger partial charge >= 0.3 is 0 Å². The van der Waals surface area contributed by atoms with Crippen LogP contribution in [0.4, 0.5) is 8.78 Å². The van der Waals surface area contributed by atoms with Crippen molar-refractivity contribution in [3.05, 3.63) is 53.3 Å². The van der Waals surface area contributed by atoms with Crippen molar-refractivity contribution in [2.75, 3.05) is 0 Å². The van der Waals surface area contributed by atoms with Crippen molar-refractivity contribution >= 4 is 26.2 Å². The van der Waals surface area contributed by atoms with Gasteiger partial charge in [-0.25, -0.2) is 8.78 Å². The van der Waals surface area contributed by atoms with E-state index in [1.54, 1.807) is 12.1 Å². The zero-order valence-corrected chi connectivity index (χ0v) is 20.1. The van der Waals surface area contributed by atoms with Crippen LogP contribution in [0, 0.1) is 17.7 Å². The molecule has 0 amide bonds. The largest absolute Gasteiger partial charge is 0.206 e. The number of unbranched alkanes of at least 4 members (excludes halogenated alkanes) is 1. The van der Waals surface area contributed by atoms with Crippen LogP contribution in [-0.4, -0.2) is 8.80 Å².